The fourth-order valence-corrected chi connectivity index (χ4v) is 2.93. The number of nitrogens with zero attached hydrogens (tertiary/aromatic N) is 1. The molecule has 0 bridgehead atoms. The van der Waals surface area contributed by atoms with E-state index < -0.39 is 0 Å². The molecule has 0 atom stereocenters. The Morgan fingerprint density at radius 2 is 1.79 bits per heavy atom. The van der Waals surface area contributed by atoms with E-state index in [2.05, 4.69) is 17.0 Å². The second-order valence-electron chi connectivity index (χ2n) is 5.28. The molecule has 0 unspecified atom stereocenters. The Labute approximate surface area is 120 Å². The Bertz CT molecular complexity index is 413. The van der Waals surface area contributed by atoms with Gasteiger partial charge in [0.25, 0.3) is 0 Å². The van der Waals surface area contributed by atoms with E-state index in [1.54, 1.807) is 0 Å². The van der Waals surface area contributed by atoms with Crippen molar-refractivity contribution < 1.29 is 5.11 Å². The third kappa shape index (κ3) is 4.27. The zero-order valence-electron chi connectivity index (χ0n) is 11.2. The standard InChI is InChI=1S/C15H22N2OS/c16-15(19)10-17(14-3-1-2-4-14)9-12-5-7-13(11-18)8-6-12/h5-8,14,18H,1-4,9-11H2,(H2,16,19). The van der Waals surface area contributed by atoms with E-state index in [1.807, 2.05) is 12.1 Å². The number of hydrogen-bond acceptors (Lipinski definition) is 3. The Hall–Kier alpha value is -0.970. The molecule has 0 radical (unpaired) electrons. The average Bonchev–Trinajstić information content (AvgIpc) is 2.92. The summed E-state index contributed by atoms with van der Waals surface area (Å²) in [5, 5.41) is 9.06. The topological polar surface area (TPSA) is 49.5 Å². The number of aliphatic hydroxyl groups is 1. The van der Waals surface area contributed by atoms with Crippen molar-refractivity contribution in [2.75, 3.05) is 6.54 Å². The van der Waals surface area contributed by atoms with Crippen molar-refractivity contribution in [1.82, 2.24) is 4.90 Å². The minimum absolute atomic E-state index is 0.0967. The van der Waals surface area contributed by atoms with Crippen molar-refractivity contribution in [1.29, 1.82) is 0 Å². The molecule has 0 spiro atoms. The van der Waals surface area contributed by atoms with E-state index in [0.717, 1.165) is 12.1 Å². The van der Waals surface area contributed by atoms with Crippen molar-refractivity contribution >= 4 is 17.2 Å². The summed E-state index contributed by atoms with van der Waals surface area (Å²) in [6.45, 7) is 1.68. The summed E-state index contributed by atoms with van der Waals surface area (Å²) in [7, 11) is 0. The molecule has 1 aromatic rings. The summed E-state index contributed by atoms with van der Waals surface area (Å²) in [6.07, 6.45) is 5.11. The van der Waals surface area contributed by atoms with Gasteiger partial charge < -0.3 is 10.8 Å². The molecule has 0 heterocycles. The lowest BCUT2D eigenvalue weighted by Crippen LogP contribution is -2.38. The Kier molecular flexibility index (Phi) is 5.31. The second-order valence-corrected chi connectivity index (χ2v) is 5.81. The molecule has 4 heteroatoms. The number of rotatable bonds is 6. The maximum atomic E-state index is 9.06. The van der Waals surface area contributed by atoms with Gasteiger partial charge in [0, 0.05) is 19.1 Å². The Morgan fingerprint density at radius 3 is 2.32 bits per heavy atom. The van der Waals surface area contributed by atoms with Crippen molar-refractivity contribution in [2.24, 2.45) is 5.73 Å². The third-order valence-corrected chi connectivity index (χ3v) is 3.92. The summed E-state index contributed by atoms with van der Waals surface area (Å²) in [5.41, 5.74) is 7.92. The molecule has 0 aliphatic heterocycles. The van der Waals surface area contributed by atoms with Crippen molar-refractivity contribution in [2.45, 2.75) is 44.9 Å². The molecule has 3 N–H and O–H groups in total. The van der Waals surface area contributed by atoms with Crippen LogP contribution in [-0.2, 0) is 13.2 Å². The molecule has 0 saturated heterocycles. The minimum atomic E-state index is 0.0967. The zero-order valence-corrected chi connectivity index (χ0v) is 12.0. The highest BCUT2D eigenvalue weighted by Crippen LogP contribution is 2.24. The first kappa shape index (κ1) is 14.4. The van der Waals surface area contributed by atoms with E-state index in [1.165, 1.54) is 31.2 Å². The summed E-state index contributed by atoms with van der Waals surface area (Å²) < 4.78 is 0. The van der Waals surface area contributed by atoms with E-state index in [4.69, 9.17) is 23.1 Å². The molecule has 0 amide bonds. The third-order valence-electron chi connectivity index (χ3n) is 3.79. The maximum Gasteiger partial charge on any atom is 0.0870 e. The van der Waals surface area contributed by atoms with Crippen LogP contribution < -0.4 is 5.73 Å². The summed E-state index contributed by atoms with van der Waals surface area (Å²) in [4.78, 5) is 2.96. The molecule has 104 valence electrons. The Balaban J connectivity index is 2.03. The fourth-order valence-electron chi connectivity index (χ4n) is 2.77. The lowest BCUT2D eigenvalue weighted by Gasteiger charge is -2.28. The molecular formula is C15H22N2OS. The van der Waals surface area contributed by atoms with Gasteiger partial charge in [-0.05, 0) is 24.0 Å². The molecule has 1 aliphatic carbocycles. The fraction of sp³-hybridized carbons (Fsp3) is 0.533. The van der Waals surface area contributed by atoms with Crippen LogP contribution in [0.5, 0.6) is 0 Å². The van der Waals surface area contributed by atoms with Crippen molar-refractivity contribution in [3.63, 3.8) is 0 Å². The monoisotopic (exact) mass is 278 g/mol. The highest BCUT2D eigenvalue weighted by molar-refractivity contribution is 7.80. The van der Waals surface area contributed by atoms with Crippen molar-refractivity contribution in [3.05, 3.63) is 35.4 Å². The van der Waals surface area contributed by atoms with Crippen LogP contribution in [0.25, 0.3) is 0 Å². The average molecular weight is 278 g/mol. The number of nitrogens with two attached hydrogens (primary N) is 1. The normalized spacial score (nSPS) is 16.1. The molecule has 1 saturated carbocycles. The van der Waals surface area contributed by atoms with Gasteiger partial charge in [-0.25, -0.2) is 0 Å². The maximum absolute atomic E-state index is 9.06. The van der Waals surface area contributed by atoms with Gasteiger partial charge in [-0.1, -0.05) is 49.3 Å². The number of benzene rings is 1. The highest BCUT2D eigenvalue weighted by atomic mass is 32.1. The number of thiocarbonyl (C=S) groups is 1. The van der Waals surface area contributed by atoms with E-state index >= 15 is 0 Å². The molecule has 19 heavy (non-hydrogen) atoms. The lowest BCUT2D eigenvalue weighted by atomic mass is 10.1. The van der Waals surface area contributed by atoms with Gasteiger partial charge in [0.15, 0.2) is 0 Å². The first-order chi connectivity index (χ1) is 9.19. The van der Waals surface area contributed by atoms with Crippen LogP contribution in [-0.4, -0.2) is 27.6 Å². The molecule has 1 fully saturated rings. The smallest absolute Gasteiger partial charge is 0.0870 e. The van der Waals surface area contributed by atoms with Crippen LogP contribution >= 0.6 is 12.2 Å². The quantitative estimate of drug-likeness (QED) is 0.783. The summed E-state index contributed by atoms with van der Waals surface area (Å²) in [5.74, 6) is 0. The van der Waals surface area contributed by atoms with Gasteiger partial charge in [-0.2, -0.15) is 0 Å². The zero-order chi connectivity index (χ0) is 13.7. The van der Waals surface area contributed by atoms with Gasteiger partial charge in [0.05, 0.1) is 11.6 Å². The van der Waals surface area contributed by atoms with Crippen LogP contribution in [0, 0.1) is 0 Å². The molecule has 1 aliphatic rings. The predicted molar refractivity (Wildman–Crippen MR) is 81.8 cm³/mol. The minimum Gasteiger partial charge on any atom is -0.392 e. The highest BCUT2D eigenvalue weighted by Gasteiger charge is 2.22. The number of aliphatic hydroxyl groups excluding tert-OH is 1. The second kappa shape index (κ2) is 6.98. The molecular weight excluding hydrogens is 256 g/mol. The van der Waals surface area contributed by atoms with Crippen LogP contribution in [0.2, 0.25) is 0 Å². The van der Waals surface area contributed by atoms with Crippen LogP contribution in [0.15, 0.2) is 24.3 Å². The first-order valence-corrected chi connectivity index (χ1v) is 7.31. The molecule has 0 aromatic heterocycles. The summed E-state index contributed by atoms with van der Waals surface area (Å²) >= 11 is 5.07. The van der Waals surface area contributed by atoms with E-state index in [9.17, 15) is 0 Å². The largest absolute Gasteiger partial charge is 0.392 e. The van der Waals surface area contributed by atoms with Crippen molar-refractivity contribution in [3.8, 4) is 0 Å². The molecule has 1 aromatic carbocycles. The van der Waals surface area contributed by atoms with Crippen LogP contribution in [0.3, 0.4) is 0 Å². The predicted octanol–water partition coefficient (Wildman–Crippen LogP) is 2.21. The van der Waals surface area contributed by atoms with Crippen LogP contribution in [0.1, 0.15) is 36.8 Å². The number of hydrogen-bond donors (Lipinski definition) is 2. The van der Waals surface area contributed by atoms with Gasteiger partial charge in [-0.3, -0.25) is 4.90 Å². The van der Waals surface area contributed by atoms with Crippen LogP contribution in [0.4, 0.5) is 0 Å². The van der Waals surface area contributed by atoms with E-state index in [-0.39, 0.29) is 6.61 Å². The molecule has 2 rings (SSSR count). The van der Waals surface area contributed by atoms with Gasteiger partial charge >= 0.3 is 0 Å². The van der Waals surface area contributed by atoms with Gasteiger partial charge in [-0.15, -0.1) is 0 Å². The van der Waals surface area contributed by atoms with Gasteiger partial charge in [0.1, 0.15) is 0 Å². The van der Waals surface area contributed by atoms with Gasteiger partial charge in [0.2, 0.25) is 0 Å². The summed E-state index contributed by atoms with van der Waals surface area (Å²) in [6, 6.07) is 8.71. The lowest BCUT2D eigenvalue weighted by molar-refractivity contribution is 0.219. The Morgan fingerprint density at radius 1 is 1.21 bits per heavy atom. The first-order valence-electron chi connectivity index (χ1n) is 6.90. The van der Waals surface area contributed by atoms with E-state index in [0.29, 0.717) is 17.6 Å². The SMILES string of the molecule is NC(=S)CN(Cc1ccc(CO)cc1)C1CCCC1. The molecule has 3 nitrogen and oxygen atoms in total.